The summed E-state index contributed by atoms with van der Waals surface area (Å²) in [6, 6.07) is -1.53. The van der Waals surface area contributed by atoms with E-state index in [1.807, 2.05) is 0 Å². The van der Waals surface area contributed by atoms with E-state index < -0.39 is 36.2 Å². The highest BCUT2D eigenvalue weighted by atomic mass is 16.4. The third-order valence-corrected chi connectivity index (χ3v) is 7.07. The maximum absolute atomic E-state index is 12.9. The predicted octanol–water partition coefficient (Wildman–Crippen LogP) is 7.45. The molecule has 2 atom stereocenters. The number of carboxylic acid groups (broad SMARTS) is 2. The Morgan fingerprint density at radius 3 is 1.41 bits per heavy atom. The molecular weight excluding hydrogens is 470 g/mol. The summed E-state index contributed by atoms with van der Waals surface area (Å²) in [5, 5.41) is 20.6. The molecule has 0 aromatic carbocycles. The number of carboxylic acids is 2. The van der Waals surface area contributed by atoms with Gasteiger partial charge in [-0.25, -0.2) is 4.79 Å². The summed E-state index contributed by atoms with van der Waals surface area (Å²) < 4.78 is 0. The summed E-state index contributed by atoms with van der Waals surface area (Å²) in [7, 11) is 0. The molecule has 216 valence electrons. The van der Waals surface area contributed by atoms with Crippen molar-refractivity contribution in [2.24, 2.45) is 5.92 Å². The average molecular weight is 526 g/mol. The van der Waals surface area contributed by atoms with Crippen molar-refractivity contribution in [3.05, 3.63) is 0 Å². The first-order chi connectivity index (χ1) is 17.8. The first-order valence-electron chi connectivity index (χ1n) is 15.1. The molecule has 0 aliphatic heterocycles. The maximum Gasteiger partial charge on any atom is 0.326 e. The molecule has 0 aromatic heterocycles. The smallest absolute Gasteiger partial charge is 0.326 e. The fourth-order valence-electron chi connectivity index (χ4n) is 4.71. The van der Waals surface area contributed by atoms with Gasteiger partial charge in [0.1, 0.15) is 11.8 Å². The summed E-state index contributed by atoms with van der Waals surface area (Å²) in [6.45, 7) is 4.41. The SMILES string of the molecule is CCCCCCCCCCCCC(C(=O)CCCCCCCCCCC)C(=O)N[C@@H](CC(=O)O)C(=O)O. The van der Waals surface area contributed by atoms with Crippen LogP contribution in [0.2, 0.25) is 0 Å². The van der Waals surface area contributed by atoms with Gasteiger partial charge in [-0.1, -0.05) is 129 Å². The van der Waals surface area contributed by atoms with Crippen LogP contribution in [0.5, 0.6) is 0 Å². The van der Waals surface area contributed by atoms with Gasteiger partial charge in [-0.3, -0.25) is 14.4 Å². The van der Waals surface area contributed by atoms with Gasteiger partial charge in [-0.2, -0.15) is 0 Å². The summed E-state index contributed by atoms with van der Waals surface area (Å²) in [5.41, 5.74) is 0. The minimum atomic E-state index is -1.53. The number of hydrogen-bond acceptors (Lipinski definition) is 4. The van der Waals surface area contributed by atoms with Crippen molar-refractivity contribution in [3.63, 3.8) is 0 Å². The Bertz CT molecular complexity index is 621. The van der Waals surface area contributed by atoms with Crippen LogP contribution in [0.25, 0.3) is 0 Å². The lowest BCUT2D eigenvalue weighted by Gasteiger charge is -2.19. The van der Waals surface area contributed by atoms with Crippen molar-refractivity contribution < 1.29 is 29.4 Å². The van der Waals surface area contributed by atoms with Gasteiger partial charge < -0.3 is 15.5 Å². The van der Waals surface area contributed by atoms with E-state index in [0.717, 1.165) is 51.4 Å². The van der Waals surface area contributed by atoms with Crippen molar-refractivity contribution in [3.8, 4) is 0 Å². The molecule has 0 aliphatic carbocycles. The van der Waals surface area contributed by atoms with Crippen molar-refractivity contribution in [2.45, 2.75) is 161 Å². The van der Waals surface area contributed by atoms with Gasteiger partial charge in [-0.15, -0.1) is 0 Å². The van der Waals surface area contributed by atoms with Gasteiger partial charge in [-0.05, 0) is 12.8 Å². The molecule has 0 spiro atoms. The molecule has 0 bridgehead atoms. The predicted molar refractivity (Wildman–Crippen MR) is 149 cm³/mol. The first-order valence-corrected chi connectivity index (χ1v) is 15.1. The van der Waals surface area contributed by atoms with E-state index in [1.165, 1.54) is 70.6 Å². The zero-order valence-electron chi connectivity index (χ0n) is 23.7. The van der Waals surface area contributed by atoms with Crippen molar-refractivity contribution >= 4 is 23.6 Å². The van der Waals surface area contributed by atoms with E-state index >= 15 is 0 Å². The number of ketones is 1. The van der Waals surface area contributed by atoms with E-state index in [2.05, 4.69) is 19.2 Å². The summed E-state index contributed by atoms with van der Waals surface area (Å²) in [6.07, 6.45) is 21.6. The molecule has 3 N–H and O–H groups in total. The first kappa shape index (κ1) is 35.1. The Hall–Kier alpha value is -1.92. The molecule has 1 unspecified atom stereocenters. The van der Waals surface area contributed by atoms with Crippen LogP contribution < -0.4 is 5.32 Å². The van der Waals surface area contributed by atoms with Gasteiger partial charge in [0.2, 0.25) is 5.91 Å². The maximum atomic E-state index is 12.9. The zero-order chi connectivity index (χ0) is 27.7. The Balaban J connectivity index is 4.57. The molecule has 0 rings (SSSR count). The summed E-state index contributed by atoms with van der Waals surface area (Å²) in [4.78, 5) is 48.2. The van der Waals surface area contributed by atoms with Crippen LogP contribution in [0.3, 0.4) is 0 Å². The highest BCUT2D eigenvalue weighted by molar-refractivity contribution is 6.02. The minimum absolute atomic E-state index is 0.157. The second kappa shape index (κ2) is 24.4. The minimum Gasteiger partial charge on any atom is -0.481 e. The molecule has 37 heavy (non-hydrogen) atoms. The second-order valence-corrected chi connectivity index (χ2v) is 10.6. The molecule has 0 aromatic rings. The number of rotatable bonds is 27. The third kappa shape index (κ3) is 20.8. The van der Waals surface area contributed by atoms with Crippen LogP contribution >= 0.6 is 0 Å². The molecule has 0 saturated heterocycles. The molecule has 7 heteroatoms. The average Bonchev–Trinajstić information content (AvgIpc) is 2.85. The van der Waals surface area contributed by atoms with Gasteiger partial charge in [0.25, 0.3) is 0 Å². The van der Waals surface area contributed by atoms with E-state index in [0.29, 0.717) is 12.8 Å². The lowest BCUT2D eigenvalue weighted by Crippen LogP contribution is -2.46. The molecular formula is C30H55NO6. The number of carbonyl (C=O) groups is 4. The fourth-order valence-corrected chi connectivity index (χ4v) is 4.71. The number of hydrogen-bond donors (Lipinski definition) is 3. The van der Waals surface area contributed by atoms with E-state index in [1.54, 1.807) is 0 Å². The lowest BCUT2D eigenvalue weighted by molar-refractivity contribution is -0.148. The molecule has 0 saturated carbocycles. The van der Waals surface area contributed by atoms with Crippen LogP contribution in [0, 0.1) is 5.92 Å². The normalized spacial score (nSPS) is 12.7. The van der Waals surface area contributed by atoms with Crippen molar-refractivity contribution in [1.29, 1.82) is 0 Å². The topological polar surface area (TPSA) is 121 Å². The summed E-state index contributed by atoms with van der Waals surface area (Å²) >= 11 is 0. The van der Waals surface area contributed by atoms with E-state index in [4.69, 9.17) is 5.11 Å². The Labute approximate surface area is 225 Å². The van der Waals surface area contributed by atoms with Crippen LogP contribution in [0.4, 0.5) is 0 Å². The second-order valence-electron chi connectivity index (χ2n) is 10.6. The number of nitrogens with one attached hydrogen (secondary N) is 1. The fraction of sp³-hybridized carbons (Fsp3) is 0.867. The molecule has 1 amide bonds. The molecule has 0 heterocycles. The van der Waals surface area contributed by atoms with Crippen LogP contribution in [0.1, 0.15) is 155 Å². The van der Waals surface area contributed by atoms with Gasteiger partial charge in [0.15, 0.2) is 0 Å². The highest BCUT2D eigenvalue weighted by Crippen LogP contribution is 2.19. The van der Waals surface area contributed by atoms with E-state index in [9.17, 15) is 24.3 Å². The summed E-state index contributed by atoms with van der Waals surface area (Å²) in [5.74, 6) is -4.42. The number of aliphatic carboxylic acids is 2. The Kier molecular flexibility index (Phi) is 23.2. The van der Waals surface area contributed by atoms with Crippen LogP contribution in [0.15, 0.2) is 0 Å². The highest BCUT2D eigenvalue weighted by Gasteiger charge is 2.30. The quantitative estimate of drug-likeness (QED) is 0.0756. The standard InChI is InChI=1S/C30H55NO6/c1-3-5-7-9-11-13-15-16-18-20-22-25(29(35)31-26(30(36)37)24-28(33)34)27(32)23-21-19-17-14-12-10-8-6-4-2/h25-26H,3-24H2,1-2H3,(H,31,35)(H,33,34)(H,36,37)/t25?,26-/m0/s1. The van der Waals surface area contributed by atoms with Crippen LogP contribution in [-0.2, 0) is 19.2 Å². The number of unbranched alkanes of at least 4 members (excludes halogenated alkanes) is 17. The van der Waals surface area contributed by atoms with Crippen molar-refractivity contribution in [2.75, 3.05) is 0 Å². The molecule has 0 aliphatic rings. The van der Waals surface area contributed by atoms with Crippen LogP contribution in [-0.4, -0.2) is 39.9 Å². The Morgan fingerprint density at radius 1 is 0.595 bits per heavy atom. The van der Waals surface area contributed by atoms with Gasteiger partial charge in [0.05, 0.1) is 12.3 Å². The van der Waals surface area contributed by atoms with Gasteiger partial charge >= 0.3 is 11.9 Å². The Morgan fingerprint density at radius 2 is 1.00 bits per heavy atom. The third-order valence-electron chi connectivity index (χ3n) is 7.07. The lowest BCUT2D eigenvalue weighted by atomic mass is 9.91. The zero-order valence-corrected chi connectivity index (χ0v) is 23.7. The van der Waals surface area contributed by atoms with Gasteiger partial charge in [0, 0.05) is 6.42 Å². The van der Waals surface area contributed by atoms with E-state index in [-0.39, 0.29) is 5.78 Å². The molecule has 0 fully saturated rings. The molecule has 7 nitrogen and oxygen atoms in total. The number of Topliss-reactive ketones (excluding diaryl/α,β-unsaturated/α-hetero) is 1. The largest absolute Gasteiger partial charge is 0.481 e. The monoisotopic (exact) mass is 525 g/mol. The van der Waals surface area contributed by atoms with Crippen molar-refractivity contribution in [1.82, 2.24) is 5.32 Å². The number of carbonyl (C=O) groups excluding carboxylic acids is 2. The molecule has 0 radical (unpaired) electrons. The number of amides is 1.